The molecule has 0 aliphatic carbocycles. The molecule has 0 saturated heterocycles. The van der Waals surface area contributed by atoms with Gasteiger partial charge in [0.25, 0.3) is 0 Å². The average molecular weight is 166 g/mol. The van der Waals surface area contributed by atoms with Gasteiger partial charge >= 0.3 is 6.03 Å². The van der Waals surface area contributed by atoms with Gasteiger partial charge in [-0.15, -0.1) is 0 Å². The Morgan fingerprint density at radius 2 is 2.25 bits per heavy atom. The molecular formula is C8H7FN2O. The lowest BCUT2D eigenvalue weighted by molar-refractivity contribution is 0.251. The van der Waals surface area contributed by atoms with Crippen molar-refractivity contribution in [3.63, 3.8) is 0 Å². The second-order valence-electron chi connectivity index (χ2n) is 2.61. The van der Waals surface area contributed by atoms with E-state index in [2.05, 4.69) is 10.6 Å². The molecule has 0 saturated carbocycles. The number of carbonyl (C=O) groups excluding carboxylic acids is 1. The van der Waals surface area contributed by atoms with E-state index in [-0.39, 0.29) is 11.8 Å². The quantitative estimate of drug-likeness (QED) is 0.601. The molecule has 0 spiro atoms. The van der Waals surface area contributed by atoms with E-state index in [1.54, 1.807) is 6.07 Å². The number of benzene rings is 1. The number of amides is 2. The molecule has 2 rings (SSSR count). The van der Waals surface area contributed by atoms with E-state index in [1.807, 2.05) is 0 Å². The van der Waals surface area contributed by atoms with E-state index in [9.17, 15) is 9.18 Å². The summed E-state index contributed by atoms with van der Waals surface area (Å²) < 4.78 is 12.6. The van der Waals surface area contributed by atoms with Crippen LogP contribution in [0.2, 0.25) is 0 Å². The van der Waals surface area contributed by atoms with Crippen molar-refractivity contribution in [1.82, 2.24) is 5.32 Å². The lowest BCUT2D eigenvalue weighted by Gasteiger charge is -2.17. The summed E-state index contributed by atoms with van der Waals surface area (Å²) in [5, 5.41) is 5.10. The molecule has 2 N–H and O–H groups in total. The van der Waals surface area contributed by atoms with Gasteiger partial charge in [0.2, 0.25) is 0 Å². The van der Waals surface area contributed by atoms with E-state index in [0.717, 1.165) is 5.56 Å². The summed E-state index contributed by atoms with van der Waals surface area (Å²) in [5.74, 6) is -0.337. The van der Waals surface area contributed by atoms with Crippen molar-refractivity contribution in [3.8, 4) is 0 Å². The lowest BCUT2D eigenvalue weighted by Crippen LogP contribution is -2.33. The number of urea groups is 1. The second-order valence-corrected chi connectivity index (χ2v) is 2.61. The van der Waals surface area contributed by atoms with E-state index >= 15 is 0 Å². The molecule has 2 amide bonds. The third kappa shape index (κ3) is 1.11. The van der Waals surface area contributed by atoms with Crippen LogP contribution in [-0.4, -0.2) is 6.03 Å². The summed E-state index contributed by atoms with van der Waals surface area (Å²) in [6.07, 6.45) is 0. The van der Waals surface area contributed by atoms with Crippen LogP contribution in [0.4, 0.5) is 14.9 Å². The molecule has 1 heterocycles. The Bertz CT molecular complexity index is 338. The number of nitrogens with one attached hydrogen (secondary N) is 2. The first kappa shape index (κ1) is 7.09. The number of carbonyl (C=O) groups is 1. The first-order valence-electron chi connectivity index (χ1n) is 3.59. The fourth-order valence-corrected chi connectivity index (χ4v) is 1.16. The number of hydrogen-bond donors (Lipinski definition) is 2. The standard InChI is InChI=1S/C8H7FN2O/c9-6-2-1-5-4-10-8(12)11-7(5)3-6/h1-3H,4H2,(H2,10,11,12). The number of anilines is 1. The number of fused-ring (bicyclic) bond motifs is 1. The SMILES string of the molecule is O=C1NCc2ccc(F)cc2N1. The van der Waals surface area contributed by atoms with Gasteiger partial charge in [0.15, 0.2) is 0 Å². The molecule has 4 heteroatoms. The molecule has 12 heavy (non-hydrogen) atoms. The molecule has 3 nitrogen and oxygen atoms in total. The Balaban J connectivity index is 2.44. The third-order valence-electron chi connectivity index (χ3n) is 1.76. The smallest absolute Gasteiger partial charge is 0.319 e. The summed E-state index contributed by atoms with van der Waals surface area (Å²) in [6.45, 7) is 0.460. The predicted molar refractivity (Wildman–Crippen MR) is 42.3 cm³/mol. The van der Waals surface area contributed by atoms with Crippen molar-refractivity contribution in [2.24, 2.45) is 0 Å². The topological polar surface area (TPSA) is 41.1 Å². The van der Waals surface area contributed by atoms with Crippen LogP contribution >= 0.6 is 0 Å². The summed E-state index contributed by atoms with van der Waals surface area (Å²) in [4.78, 5) is 10.8. The van der Waals surface area contributed by atoms with Crippen molar-refractivity contribution in [1.29, 1.82) is 0 Å². The lowest BCUT2D eigenvalue weighted by atomic mass is 10.1. The minimum atomic E-state index is -0.337. The summed E-state index contributed by atoms with van der Waals surface area (Å²) in [5.41, 5.74) is 1.45. The monoisotopic (exact) mass is 166 g/mol. The maximum atomic E-state index is 12.6. The van der Waals surface area contributed by atoms with E-state index in [0.29, 0.717) is 12.2 Å². The average Bonchev–Trinajstić information content (AvgIpc) is 2.03. The highest BCUT2D eigenvalue weighted by atomic mass is 19.1. The fraction of sp³-hybridized carbons (Fsp3) is 0.125. The highest BCUT2D eigenvalue weighted by Gasteiger charge is 2.13. The van der Waals surface area contributed by atoms with Crippen molar-refractivity contribution >= 4 is 11.7 Å². The predicted octanol–water partition coefficient (Wildman–Crippen LogP) is 1.46. The molecular weight excluding hydrogens is 159 g/mol. The maximum Gasteiger partial charge on any atom is 0.319 e. The van der Waals surface area contributed by atoms with Crippen molar-refractivity contribution < 1.29 is 9.18 Å². The molecule has 0 unspecified atom stereocenters. The molecule has 0 atom stereocenters. The third-order valence-corrected chi connectivity index (χ3v) is 1.76. The van der Waals surface area contributed by atoms with Gasteiger partial charge in [-0.2, -0.15) is 0 Å². The molecule has 1 aliphatic heterocycles. The van der Waals surface area contributed by atoms with Gasteiger partial charge in [-0.3, -0.25) is 0 Å². The van der Waals surface area contributed by atoms with Crippen molar-refractivity contribution in [2.45, 2.75) is 6.54 Å². The first-order valence-corrected chi connectivity index (χ1v) is 3.59. The van der Waals surface area contributed by atoms with Crippen molar-refractivity contribution in [3.05, 3.63) is 29.6 Å². The van der Waals surface area contributed by atoms with E-state index in [4.69, 9.17) is 0 Å². The highest BCUT2D eigenvalue weighted by Crippen LogP contribution is 2.19. The Kier molecular flexibility index (Phi) is 1.46. The van der Waals surface area contributed by atoms with Gasteiger partial charge < -0.3 is 10.6 Å². The van der Waals surface area contributed by atoms with Gasteiger partial charge in [-0.1, -0.05) is 6.07 Å². The van der Waals surface area contributed by atoms with Gasteiger partial charge in [-0.05, 0) is 17.7 Å². The second kappa shape index (κ2) is 2.48. The number of rotatable bonds is 0. The minimum Gasteiger partial charge on any atom is -0.334 e. The van der Waals surface area contributed by atoms with Crippen LogP contribution in [0.5, 0.6) is 0 Å². The van der Waals surface area contributed by atoms with Crippen LogP contribution in [0, 0.1) is 5.82 Å². The molecule has 0 radical (unpaired) electrons. The van der Waals surface area contributed by atoms with Crippen molar-refractivity contribution in [2.75, 3.05) is 5.32 Å². The molecule has 1 aliphatic rings. The van der Waals surface area contributed by atoms with E-state index in [1.165, 1.54) is 12.1 Å². The first-order chi connectivity index (χ1) is 5.75. The Morgan fingerprint density at radius 1 is 1.42 bits per heavy atom. The maximum absolute atomic E-state index is 12.6. The number of halogens is 1. The van der Waals surface area contributed by atoms with Crippen LogP contribution < -0.4 is 10.6 Å². The largest absolute Gasteiger partial charge is 0.334 e. The van der Waals surface area contributed by atoms with Gasteiger partial charge in [0.05, 0.1) is 5.69 Å². The van der Waals surface area contributed by atoms with Gasteiger partial charge in [0.1, 0.15) is 5.82 Å². The molecule has 1 aromatic rings. The minimum absolute atomic E-state index is 0.284. The van der Waals surface area contributed by atoms with Gasteiger partial charge in [0, 0.05) is 6.54 Å². The molecule has 1 aromatic carbocycles. The van der Waals surface area contributed by atoms with E-state index < -0.39 is 0 Å². The summed E-state index contributed by atoms with van der Waals surface area (Å²) in [6, 6.07) is 4.05. The molecule has 0 bridgehead atoms. The Hall–Kier alpha value is -1.58. The van der Waals surface area contributed by atoms with Crippen LogP contribution in [0.15, 0.2) is 18.2 Å². The zero-order chi connectivity index (χ0) is 8.55. The normalized spacial score (nSPS) is 14.6. The van der Waals surface area contributed by atoms with Crippen LogP contribution in [0.25, 0.3) is 0 Å². The van der Waals surface area contributed by atoms with Gasteiger partial charge in [-0.25, -0.2) is 9.18 Å². The fourth-order valence-electron chi connectivity index (χ4n) is 1.16. The molecule has 0 aromatic heterocycles. The Morgan fingerprint density at radius 3 is 3.08 bits per heavy atom. The molecule has 62 valence electrons. The Labute approximate surface area is 68.6 Å². The number of hydrogen-bond acceptors (Lipinski definition) is 1. The zero-order valence-corrected chi connectivity index (χ0v) is 6.23. The van der Waals surface area contributed by atoms with Crippen LogP contribution in [0.1, 0.15) is 5.56 Å². The van der Waals surface area contributed by atoms with Crippen LogP contribution in [-0.2, 0) is 6.54 Å². The summed E-state index contributed by atoms with van der Waals surface area (Å²) in [7, 11) is 0. The highest BCUT2D eigenvalue weighted by molar-refractivity contribution is 5.92. The molecule has 0 fully saturated rings. The van der Waals surface area contributed by atoms with Crippen LogP contribution in [0.3, 0.4) is 0 Å². The zero-order valence-electron chi connectivity index (χ0n) is 6.23. The summed E-state index contributed by atoms with van der Waals surface area (Å²) >= 11 is 0.